The van der Waals surface area contributed by atoms with E-state index in [9.17, 15) is 9.59 Å². The zero-order valence-electron chi connectivity index (χ0n) is 19.8. The molecule has 7 heteroatoms. The van der Waals surface area contributed by atoms with Crippen LogP contribution in [-0.2, 0) is 30.4 Å². The first-order valence-corrected chi connectivity index (χ1v) is 11.3. The number of hydrogen-bond donors (Lipinski definition) is 1. The van der Waals surface area contributed by atoms with Crippen molar-refractivity contribution in [1.82, 2.24) is 5.06 Å². The van der Waals surface area contributed by atoms with Gasteiger partial charge in [0.05, 0.1) is 6.61 Å². The first-order valence-electron chi connectivity index (χ1n) is 11.3. The van der Waals surface area contributed by atoms with E-state index in [1.807, 2.05) is 60.7 Å². The molecular formula is C26H34N2O5. The molecule has 0 spiro atoms. The first kappa shape index (κ1) is 24.9. The van der Waals surface area contributed by atoms with E-state index in [1.165, 1.54) is 0 Å². The van der Waals surface area contributed by atoms with E-state index in [4.69, 9.17) is 20.0 Å². The molecule has 0 bridgehead atoms. The molecular weight excluding hydrogens is 420 g/mol. The standard InChI is InChI=1S/C26H34N2O5/c1-5-31-24(29)20-17-28(16-18-12-8-6-9-13-18)33-23(20)21(25(30)32-26(2,3)4)22(27)19-14-10-7-11-15-19/h6-15,20-23H,5,16-17,27H2,1-4H3/t20?,21-,22?,23?/m0/s1. The molecule has 1 fully saturated rings. The molecule has 33 heavy (non-hydrogen) atoms. The number of rotatable bonds is 8. The van der Waals surface area contributed by atoms with Crippen LogP contribution >= 0.6 is 0 Å². The Morgan fingerprint density at radius 1 is 1.09 bits per heavy atom. The molecule has 1 aliphatic heterocycles. The van der Waals surface area contributed by atoms with E-state index < -0.39 is 41.5 Å². The number of hydroxylamine groups is 2. The number of benzene rings is 2. The van der Waals surface area contributed by atoms with Crippen LogP contribution < -0.4 is 5.73 Å². The topological polar surface area (TPSA) is 91.1 Å². The highest BCUT2D eigenvalue weighted by atomic mass is 16.7. The van der Waals surface area contributed by atoms with Crippen molar-refractivity contribution < 1.29 is 23.9 Å². The van der Waals surface area contributed by atoms with Crippen molar-refractivity contribution in [3.05, 3.63) is 71.8 Å². The molecule has 1 heterocycles. The molecule has 0 radical (unpaired) electrons. The van der Waals surface area contributed by atoms with Crippen molar-refractivity contribution in [2.45, 2.75) is 52.0 Å². The summed E-state index contributed by atoms with van der Waals surface area (Å²) in [5.74, 6) is -2.49. The van der Waals surface area contributed by atoms with Crippen LogP contribution in [0.1, 0.15) is 44.9 Å². The molecule has 2 aromatic carbocycles. The second-order valence-electron chi connectivity index (χ2n) is 9.23. The second-order valence-corrected chi connectivity index (χ2v) is 9.23. The Labute approximate surface area is 195 Å². The van der Waals surface area contributed by atoms with Crippen LogP contribution in [0.25, 0.3) is 0 Å². The molecule has 0 saturated carbocycles. The lowest BCUT2D eigenvalue weighted by Crippen LogP contribution is -2.45. The van der Waals surface area contributed by atoms with Crippen LogP contribution in [-0.4, -0.2) is 41.9 Å². The third-order valence-electron chi connectivity index (χ3n) is 5.46. The van der Waals surface area contributed by atoms with Crippen molar-refractivity contribution in [3.8, 4) is 0 Å². The summed E-state index contributed by atoms with van der Waals surface area (Å²) >= 11 is 0. The van der Waals surface area contributed by atoms with E-state index in [1.54, 1.807) is 32.8 Å². The summed E-state index contributed by atoms with van der Waals surface area (Å²) in [6.07, 6.45) is -0.821. The Kier molecular flexibility index (Phi) is 8.24. The van der Waals surface area contributed by atoms with Gasteiger partial charge in [-0.15, -0.1) is 0 Å². The molecule has 4 atom stereocenters. The number of carbonyl (C=O) groups excluding carboxylic acids is 2. The summed E-state index contributed by atoms with van der Waals surface area (Å²) in [4.78, 5) is 32.5. The lowest BCUT2D eigenvalue weighted by atomic mass is 9.83. The number of nitrogens with two attached hydrogens (primary N) is 1. The van der Waals surface area contributed by atoms with Crippen LogP contribution in [0.2, 0.25) is 0 Å². The molecule has 1 aliphatic rings. The van der Waals surface area contributed by atoms with E-state index in [0.717, 1.165) is 11.1 Å². The fraction of sp³-hybridized carbons (Fsp3) is 0.462. The predicted molar refractivity (Wildman–Crippen MR) is 125 cm³/mol. The van der Waals surface area contributed by atoms with Crippen LogP contribution in [0.5, 0.6) is 0 Å². The monoisotopic (exact) mass is 454 g/mol. The summed E-state index contributed by atoms with van der Waals surface area (Å²) in [5.41, 5.74) is 7.70. The van der Waals surface area contributed by atoms with Gasteiger partial charge in [-0.3, -0.25) is 14.4 Å². The highest BCUT2D eigenvalue weighted by Gasteiger charge is 2.50. The molecule has 0 aromatic heterocycles. The van der Waals surface area contributed by atoms with Gasteiger partial charge in [0.15, 0.2) is 0 Å². The molecule has 3 rings (SSSR count). The van der Waals surface area contributed by atoms with Gasteiger partial charge in [-0.05, 0) is 38.8 Å². The minimum Gasteiger partial charge on any atom is -0.466 e. The van der Waals surface area contributed by atoms with Gasteiger partial charge in [0.25, 0.3) is 0 Å². The van der Waals surface area contributed by atoms with Gasteiger partial charge in [-0.2, -0.15) is 5.06 Å². The fourth-order valence-electron chi connectivity index (χ4n) is 4.01. The van der Waals surface area contributed by atoms with Crippen molar-refractivity contribution in [3.63, 3.8) is 0 Å². The van der Waals surface area contributed by atoms with Crippen LogP contribution in [0.4, 0.5) is 0 Å². The molecule has 0 aliphatic carbocycles. The van der Waals surface area contributed by atoms with Crippen molar-refractivity contribution in [1.29, 1.82) is 0 Å². The summed E-state index contributed by atoms with van der Waals surface area (Å²) < 4.78 is 11.1. The predicted octanol–water partition coefficient (Wildman–Crippen LogP) is 3.64. The van der Waals surface area contributed by atoms with Crippen LogP contribution in [0, 0.1) is 11.8 Å². The SMILES string of the molecule is CCOC(=O)C1CN(Cc2ccccc2)OC1[C@@H](C(=O)OC(C)(C)C)C(N)c1ccccc1. The minimum atomic E-state index is -0.901. The highest BCUT2D eigenvalue weighted by molar-refractivity contribution is 5.79. The largest absolute Gasteiger partial charge is 0.466 e. The van der Waals surface area contributed by atoms with Gasteiger partial charge in [0, 0.05) is 19.1 Å². The number of esters is 2. The summed E-state index contributed by atoms with van der Waals surface area (Å²) in [6, 6.07) is 18.4. The van der Waals surface area contributed by atoms with Gasteiger partial charge in [-0.25, -0.2) is 0 Å². The number of hydrogen-bond acceptors (Lipinski definition) is 7. The first-order chi connectivity index (χ1) is 15.7. The normalized spacial score (nSPS) is 20.8. The maximum atomic E-state index is 13.4. The molecule has 2 aromatic rings. The molecule has 0 amide bonds. The maximum Gasteiger partial charge on any atom is 0.314 e. The minimum absolute atomic E-state index is 0.239. The molecule has 7 nitrogen and oxygen atoms in total. The van der Waals surface area contributed by atoms with Gasteiger partial charge >= 0.3 is 11.9 Å². The van der Waals surface area contributed by atoms with Crippen LogP contribution in [0.3, 0.4) is 0 Å². The molecule has 178 valence electrons. The van der Waals surface area contributed by atoms with E-state index in [-0.39, 0.29) is 6.61 Å². The average molecular weight is 455 g/mol. The van der Waals surface area contributed by atoms with Gasteiger partial charge < -0.3 is 15.2 Å². The van der Waals surface area contributed by atoms with Crippen molar-refractivity contribution >= 4 is 11.9 Å². The Hall–Kier alpha value is -2.74. The Morgan fingerprint density at radius 3 is 2.27 bits per heavy atom. The summed E-state index contributed by atoms with van der Waals surface area (Å²) in [5, 5.41) is 1.71. The van der Waals surface area contributed by atoms with Gasteiger partial charge in [0.2, 0.25) is 0 Å². The van der Waals surface area contributed by atoms with E-state index >= 15 is 0 Å². The molecule has 2 N–H and O–H groups in total. The lowest BCUT2D eigenvalue weighted by Gasteiger charge is -2.32. The lowest BCUT2D eigenvalue weighted by molar-refractivity contribution is -0.192. The third-order valence-corrected chi connectivity index (χ3v) is 5.46. The van der Waals surface area contributed by atoms with Crippen LogP contribution in [0.15, 0.2) is 60.7 Å². The second kappa shape index (κ2) is 10.9. The Morgan fingerprint density at radius 2 is 1.70 bits per heavy atom. The number of nitrogens with zero attached hydrogens (tertiary/aromatic N) is 1. The molecule has 3 unspecified atom stereocenters. The van der Waals surface area contributed by atoms with Gasteiger partial charge in [0.1, 0.15) is 23.5 Å². The van der Waals surface area contributed by atoms with Crippen molar-refractivity contribution in [2.24, 2.45) is 17.6 Å². The Bertz CT molecular complexity index is 913. The molecule has 1 saturated heterocycles. The average Bonchev–Trinajstić information content (AvgIpc) is 3.17. The highest BCUT2D eigenvalue weighted by Crippen LogP contribution is 2.36. The zero-order chi connectivity index (χ0) is 24.0. The smallest absolute Gasteiger partial charge is 0.314 e. The third kappa shape index (κ3) is 6.63. The quantitative estimate of drug-likeness (QED) is 0.609. The number of carbonyl (C=O) groups is 2. The fourth-order valence-corrected chi connectivity index (χ4v) is 4.01. The summed E-state index contributed by atoms with van der Waals surface area (Å²) in [6.45, 7) is 8.16. The Balaban J connectivity index is 1.94. The zero-order valence-corrected chi connectivity index (χ0v) is 19.8. The van der Waals surface area contributed by atoms with E-state index in [0.29, 0.717) is 13.1 Å². The maximum absolute atomic E-state index is 13.4. The van der Waals surface area contributed by atoms with Crippen molar-refractivity contribution in [2.75, 3.05) is 13.2 Å². The number of ether oxygens (including phenoxy) is 2. The summed E-state index contributed by atoms with van der Waals surface area (Å²) in [7, 11) is 0. The van der Waals surface area contributed by atoms with Gasteiger partial charge in [-0.1, -0.05) is 60.7 Å². The van der Waals surface area contributed by atoms with E-state index in [2.05, 4.69) is 0 Å².